The normalized spacial score (nSPS) is 35.9. The minimum Gasteiger partial charge on any atom is -0.390 e. The summed E-state index contributed by atoms with van der Waals surface area (Å²) in [5.74, 6) is 0.344. The van der Waals surface area contributed by atoms with Crippen molar-refractivity contribution >= 4 is 27.7 Å². The van der Waals surface area contributed by atoms with Crippen molar-refractivity contribution in [3.63, 3.8) is 0 Å². The van der Waals surface area contributed by atoms with Crippen LogP contribution in [0.3, 0.4) is 0 Å². The molecule has 1 aromatic rings. The summed E-state index contributed by atoms with van der Waals surface area (Å²) in [6.45, 7) is 0. The number of aliphatic hydroxyl groups is 1. The molecule has 4 aliphatic rings. The lowest BCUT2D eigenvalue weighted by Gasteiger charge is -2.60. The van der Waals surface area contributed by atoms with Gasteiger partial charge in [0.15, 0.2) is 0 Å². The molecule has 3 atom stereocenters. The molecule has 1 aromatic carbocycles. The van der Waals surface area contributed by atoms with Gasteiger partial charge in [-0.05, 0) is 73.5 Å². The number of rotatable bonds is 5. The first kappa shape index (κ1) is 18.0. The molecule has 4 fully saturated rings. The summed E-state index contributed by atoms with van der Waals surface area (Å²) >= 11 is 3.38. The van der Waals surface area contributed by atoms with Gasteiger partial charge in [0.1, 0.15) is 6.04 Å². The highest BCUT2D eigenvalue weighted by molar-refractivity contribution is 9.10. The molecule has 0 saturated heterocycles. The molecule has 26 heavy (non-hydrogen) atoms. The van der Waals surface area contributed by atoms with Crippen LogP contribution in [-0.4, -0.2) is 22.5 Å². The minimum absolute atomic E-state index is 0.123. The van der Waals surface area contributed by atoms with E-state index < -0.39 is 17.6 Å². The van der Waals surface area contributed by atoms with Crippen molar-refractivity contribution in [3.8, 4) is 0 Å². The summed E-state index contributed by atoms with van der Waals surface area (Å²) in [7, 11) is 0. The Bertz CT molecular complexity index is 736. The average Bonchev–Trinajstić information content (AvgIpc) is 2.49. The summed E-state index contributed by atoms with van der Waals surface area (Å²) in [4.78, 5) is 24.7. The van der Waals surface area contributed by atoms with Crippen molar-refractivity contribution in [2.75, 3.05) is 0 Å². The molecular weight excluding hydrogens is 396 g/mol. The van der Waals surface area contributed by atoms with Crippen LogP contribution in [0.25, 0.3) is 0 Å². The third-order valence-corrected chi connectivity index (χ3v) is 6.95. The summed E-state index contributed by atoms with van der Waals surface area (Å²) in [6, 6.07) is 6.42. The van der Waals surface area contributed by atoms with Crippen LogP contribution in [0.4, 0.5) is 0 Å². The number of primary amides is 1. The lowest BCUT2D eigenvalue weighted by molar-refractivity contribution is -0.169. The third-order valence-electron chi connectivity index (χ3n) is 6.46. The van der Waals surface area contributed by atoms with E-state index >= 15 is 0 Å². The number of nitrogens with one attached hydrogen (secondary N) is 1. The molecule has 0 unspecified atom stereocenters. The molecule has 0 spiro atoms. The number of carbonyl (C=O) groups is 2. The van der Waals surface area contributed by atoms with E-state index in [1.807, 2.05) is 12.1 Å². The molecule has 4 bridgehead atoms. The van der Waals surface area contributed by atoms with Crippen LogP contribution in [0.15, 0.2) is 28.7 Å². The first-order valence-corrected chi connectivity index (χ1v) is 10.1. The molecule has 4 aliphatic carbocycles. The maximum atomic E-state index is 12.8. The zero-order chi connectivity index (χ0) is 18.5. The molecule has 4 N–H and O–H groups in total. The first-order chi connectivity index (χ1) is 12.3. The topological polar surface area (TPSA) is 92.4 Å². The van der Waals surface area contributed by atoms with Gasteiger partial charge >= 0.3 is 0 Å². The lowest BCUT2D eigenvalue weighted by atomic mass is 9.47. The molecule has 140 valence electrons. The van der Waals surface area contributed by atoms with Gasteiger partial charge in [-0.15, -0.1) is 0 Å². The van der Waals surface area contributed by atoms with E-state index in [1.54, 1.807) is 12.1 Å². The Labute approximate surface area is 161 Å². The van der Waals surface area contributed by atoms with E-state index in [2.05, 4.69) is 21.2 Å². The molecule has 0 aliphatic heterocycles. The monoisotopic (exact) mass is 420 g/mol. The Kier molecular flexibility index (Phi) is 4.39. The fraction of sp³-hybridized carbons (Fsp3) is 0.600. The zero-order valence-electron chi connectivity index (χ0n) is 14.7. The fourth-order valence-corrected chi connectivity index (χ4v) is 6.58. The first-order valence-electron chi connectivity index (χ1n) is 9.32. The number of nitrogens with two attached hydrogens (primary N) is 1. The Morgan fingerprint density at radius 3 is 2.54 bits per heavy atom. The van der Waals surface area contributed by atoms with E-state index in [0.717, 1.165) is 30.2 Å². The number of carbonyl (C=O) groups excluding carboxylic acids is 2. The quantitative estimate of drug-likeness (QED) is 0.683. The largest absolute Gasteiger partial charge is 0.390 e. The SMILES string of the molecule is NC(=O)[C@@H](NC(=O)CC12C[C@H]3C[C@@H](CC(O)(C3)C1)C2)c1cccc(Br)c1. The average molecular weight is 421 g/mol. The van der Waals surface area contributed by atoms with E-state index in [9.17, 15) is 14.7 Å². The van der Waals surface area contributed by atoms with Crippen LogP contribution in [0, 0.1) is 17.3 Å². The number of halogens is 1. The van der Waals surface area contributed by atoms with Gasteiger partial charge in [-0.2, -0.15) is 0 Å². The van der Waals surface area contributed by atoms with Crippen LogP contribution >= 0.6 is 15.9 Å². The predicted octanol–water partition coefficient (Wildman–Crippen LogP) is 2.81. The second kappa shape index (κ2) is 6.34. The highest BCUT2D eigenvalue weighted by Crippen LogP contribution is 2.62. The molecule has 5 nitrogen and oxygen atoms in total. The highest BCUT2D eigenvalue weighted by atomic mass is 79.9. The Hall–Kier alpha value is -1.40. The molecule has 2 amide bonds. The van der Waals surface area contributed by atoms with Gasteiger partial charge in [0.2, 0.25) is 11.8 Å². The van der Waals surface area contributed by atoms with Gasteiger partial charge in [0, 0.05) is 10.9 Å². The highest BCUT2D eigenvalue weighted by Gasteiger charge is 2.57. The smallest absolute Gasteiger partial charge is 0.244 e. The van der Waals surface area contributed by atoms with Crippen LogP contribution in [0.2, 0.25) is 0 Å². The summed E-state index contributed by atoms with van der Waals surface area (Å²) in [5, 5.41) is 13.7. The number of hydrogen-bond acceptors (Lipinski definition) is 3. The fourth-order valence-electron chi connectivity index (χ4n) is 6.17. The van der Waals surface area contributed by atoms with Gasteiger partial charge in [-0.1, -0.05) is 28.1 Å². The van der Waals surface area contributed by atoms with E-state index in [0.29, 0.717) is 30.2 Å². The second-order valence-electron chi connectivity index (χ2n) is 8.82. The Morgan fingerprint density at radius 2 is 1.96 bits per heavy atom. The van der Waals surface area contributed by atoms with Crippen molar-refractivity contribution in [2.24, 2.45) is 23.0 Å². The Morgan fingerprint density at radius 1 is 1.27 bits per heavy atom. The predicted molar refractivity (Wildman–Crippen MR) is 101 cm³/mol. The van der Waals surface area contributed by atoms with Crippen LogP contribution in [0.1, 0.15) is 56.6 Å². The lowest BCUT2D eigenvalue weighted by Crippen LogP contribution is -2.56. The maximum Gasteiger partial charge on any atom is 0.244 e. The van der Waals surface area contributed by atoms with Crippen LogP contribution in [0.5, 0.6) is 0 Å². The molecule has 0 aromatic heterocycles. The Balaban J connectivity index is 1.48. The van der Waals surface area contributed by atoms with E-state index in [1.165, 1.54) is 6.42 Å². The van der Waals surface area contributed by atoms with Gasteiger partial charge in [-0.25, -0.2) is 0 Å². The van der Waals surface area contributed by atoms with Crippen molar-refractivity contribution < 1.29 is 14.7 Å². The van der Waals surface area contributed by atoms with Crippen molar-refractivity contribution in [2.45, 2.75) is 56.6 Å². The van der Waals surface area contributed by atoms with E-state index in [4.69, 9.17) is 5.73 Å². The minimum atomic E-state index is -0.836. The maximum absolute atomic E-state index is 12.8. The van der Waals surface area contributed by atoms with Gasteiger partial charge in [-0.3, -0.25) is 9.59 Å². The van der Waals surface area contributed by atoms with Crippen molar-refractivity contribution in [3.05, 3.63) is 34.3 Å². The molecule has 0 heterocycles. The molecule has 0 radical (unpaired) electrons. The van der Waals surface area contributed by atoms with Gasteiger partial charge in [0.25, 0.3) is 0 Å². The van der Waals surface area contributed by atoms with E-state index in [-0.39, 0.29) is 11.3 Å². The number of hydrogen-bond donors (Lipinski definition) is 3. The van der Waals surface area contributed by atoms with Gasteiger partial charge in [0.05, 0.1) is 5.60 Å². The molecule has 6 heteroatoms. The second-order valence-corrected chi connectivity index (χ2v) is 9.74. The van der Waals surface area contributed by atoms with Crippen molar-refractivity contribution in [1.82, 2.24) is 5.32 Å². The molecule has 4 saturated carbocycles. The summed E-state index contributed by atoms with van der Waals surface area (Å²) in [6.07, 6.45) is 6.05. The summed E-state index contributed by atoms with van der Waals surface area (Å²) in [5.41, 5.74) is 5.50. The van der Waals surface area contributed by atoms with Crippen molar-refractivity contribution in [1.29, 1.82) is 0 Å². The number of benzene rings is 1. The summed E-state index contributed by atoms with van der Waals surface area (Å²) < 4.78 is 0.832. The van der Waals surface area contributed by atoms with Crippen LogP contribution in [-0.2, 0) is 9.59 Å². The zero-order valence-corrected chi connectivity index (χ0v) is 16.3. The molecular formula is C20H25BrN2O3. The number of amides is 2. The standard InChI is InChI=1S/C20H25BrN2O3/c21-15-3-1-2-14(5-15)17(18(22)25)23-16(24)10-19-6-12-4-13(7-19)9-20(26,8-12)11-19/h1-3,5,12-13,17,26H,4,6-11H2,(H2,22,25)(H,23,24)/t12-,13-,17+,19?,20?/m1/s1. The van der Waals surface area contributed by atoms with Gasteiger partial charge < -0.3 is 16.2 Å². The molecule has 5 rings (SSSR count). The van der Waals surface area contributed by atoms with Crippen LogP contribution < -0.4 is 11.1 Å². The third kappa shape index (κ3) is 3.41.